The maximum absolute atomic E-state index is 12.9. The molecule has 194 valence electrons. The van der Waals surface area contributed by atoms with E-state index in [-0.39, 0.29) is 19.3 Å². The van der Waals surface area contributed by atoms with Crippen molar-refractivity contribution in [2.45, 2.75) is 136 Å². The molecule has 3 N–H and O–H groups in total. The minimum absolute atomic E-state index is 0.0839. The van der Waals surface area contributed by atoms with Crippen LogP contribution in [0, 0.1) is 17.3 Å². The Labute approximate surface area is 201 Å². The third kappa shape index (κ3) is 12.4. The van der Waals surface area contributed by atoms with E-state index in [1.807, 2.05) is 0 Å². The fourth-order valence-corrected chi connectivity index (χ4v) is 5.23. The molecule has 0 spiro atoms. The second kappa shape index (κ2) is 18.8. The molecule has 0 fully saturated rings. The van der Waals surface area contributed by atoms with Crippen LogP contribution in [0.5, 0.6) is 0 Å². The number of rotatable bonds is 23. The van der Waals surface area contributed by atoms with Gasteiger partial charge in [-0.3, -0.25) is 14.4 Å². The van der Waals surface area contributed by atoms with Crippen molar-refractivity contribution >= 4 is 17.9 Å². The first kappa shape index (κ1) is 31.4. The predicted molar refractivity (Wildman–Crippen MR) is 132 cm³/mol. The van der Waals surface area contributed by atoms with E-state index in [4.69, 9.17) is 5.11 Å². The Kier molecular flexibility index (Phi) is 17.9. The highest BCUT2D eigenvalue weighted by Gasteiger charge is 2.49. The van der Waals surface area contributed by atoms with Crippen molar-refractivity contribution in [2.24, 2.45) is 17.3 Å². The zero-order valence-corrected chi connectivity index (χ0v) is 21.4. The summed E-state index contributed by atoms with van der Waals surface area (Å²) < 4.78 is 0. The number of carboxylic acid groups (broad SMARTS) is 3. The van der Waals surface area contributed by atoms with Crippen molar-refractivity contribution in [2.75, 3.05) is 0 Å². The second-order valence-electron chi connectivity index (χ2n) is 9.77. The molecular weight excluding hydrogens is 420 g/mol. The normalized spacial score (nSPS) is 13.5. The number of carboxylic acids is 3. The molecule has 0 aliphatic rings. The number of hydrogen-bond acceptors (Lipinski definition) is 3. The van der Waals surface area contributed by atoms with Gasteiger partial charge in [0.2, 0.25) is 0 Å². The van der Waals surface area contributed by atoms with Crippen LogP contribution in [0.4, 0.5) is 0 Å². The zero-order chi connectivity index (χ0) is 25.1. The lowest BCUT2D eigenvalue weighted by Gasteiger charge is -2.41. The van der Waals surface area contributed by atoms with Crippen molar-refractivity contribution < 1.29 is 29.7 Å². The van der Waals surface area contributed by atoms with Crippen LogP contribution in [-0.2, 0) is 14.4 Å². The van der Waals surface area contributed by atoms with E-state index in [2.05, 4.69) is 20.8 Å². The topological polar surface area (TPSA) is 112 Å². The molecule has 2 atom stereocenters. The summed E-state index contributed by atoms with van der Waals surface area (Å²) in [6.45, 7) is 6.36. The van der Waals surface area contributed by atoms with E-state index in [1.165, 1.54) is 0 Å². The van der Waals surface area contributed by atoms with E-state index in [1.54, 1.807) is 0 Å². The monoisotopic (exact) mass is 470 g/mol. The summed E-state index contributed by atoms with van der Waals surface area (Å²) in [7, 11) is 0. The molecule has 0 rings (SSSR count). The van der Waals surface area contributed by atoms with Crippen LogP contribution in [0.3, 0.4) is 0 Å². The molecule has 0 saturated carbocycles. The van der Waals surface area contributed by atoms with Crippen LogP contribution < -0.4 is 0 Å². The molecule has 0 aliphatic heterocycles. The van der Waals surface area contributed by atoms with Gasteiger partial charge in [0.05, 0.1) is 11.3 Å². The molecule has 0 radical (unpaired) electrons. The third-order valence-corrected chi connectivity index (χ3v) is 7.17. The third-order valence-electron chi connectivity index (χ3n) is 7.17. The fourth-order valence-electron chi connectivity index (χ4n) is 5.23. The number of carbonyl (C=O) groups is 3. The lowest BCUT2D eigenvalue weighted by molar-refractivity contribution is -0.161. The smallest absolute Gasteiger partial charge is 0.309 e. The van der Waals surface area contributed by atoms with Gasteiger partial charge in [0.1, 0.15) is 0 Å². The Morgan fingerprint density at radius 2 is 1.12 bits per heavy atom. The van der Waals surface area contributed by atoms with Crippen LogP contribution in [-0.4, -0.2) is 33.2 Å². The summed E-state index contributed by atoms with van der Waals surface area (Å²) in [6.07, 6.45) is 13.6. The first-order chi connectivity index (χ1) is 15.8. The van der Waals surface area contributed by atoms with Gasteiger partial charge in [-0.25, -0.2) is 0 Å². The van der Waals surface area contributed by atoms with Gasteiger partial charge >= 0.3 is 17.9 Å². The van der Waals surface area contributed by atoms with E-state index < -0.39 is 35.2 Å². The maximum atomic E-state index is 12.9. The average Bonchev–Trinajstić information content (AvgIpc) is 2.76. The Morgan fingerprint density at radius 3 is 1.52 bits per heavy atom. The van der Waals surface area contributed by atoms with E-state index in [0.29, 0.717) is 19.3 Å². The average molecular weight is 471 g/mol. The van der Waals surface area contributed by atoms with Crippen LogP contribution in [0.1, 0.15) is 136 Å². The largest absolute Gasteiger partial charge is 0.481 e. The van der Waals surface area contributed by atoms with Crippen molar-refractivity contribution in [1.29, 1.82) is 0 Å². The molecular formula is C27H50O6. The molecule has 6 heteroatoms. The summed E-state index contributed by atoms with van der Waals surface area (Å²) in [5.41, 5.74) is -1.06. The second-order valence-corrected chi connectivity index (χ2v) is 9.77. The zero-order valence-electron chi connectivity index (χ0n) is 21.4. The first-order valence-corrected chi connectivity index (χ1v) is 13.4. The molecule has 0 aliphatic carbocycles. The fraction of sp³-hybridized carbons (Fsp3) is 0.889. The maximum Gasteiger partial charge on any atom is 0.309 e. The molecule has 0 aromatic rings. The van der Waals surface area contributed by atoms with Gasteiger partial charge < -0.3 is 15.3 Å². The molecule has 0 aromatic carbocycles. The number of hydrogen-bond donors (Lipinski definition) is 3. The van der Waals surface area contributed by atoms with Crippen molar-refractivity contribution in [3.8, 4) is 0 Å². The first-order valence-electron chi connectivity index (χ1n) is 13.4. The highest BCUT2D eigenvalue weighted by atomic mass is 16.4. The predicted octanol–water partition coefficient (Wildman–Crippen LogP) is 7.54. The highest BCUT2D eigenvalue weighted by Crippen LogP contribution is 2.47. The van der Waals surface area contributed by atoms with E-state index in [9.17, 15) is 24.6 Å². The molecule has 2 unspecified atom stereocenters. The molecule has 0 aromatic heterocycles. The van der Waals surface area contributed by atoms with Crippen LogP contribution in [0.25, 0.3) is 0 Å². The van der Waals surface area contributed by atoms with Gasteiger partial charge in [0.25, 0.3) is 0 Å². The standard InChI is InChI=1S/C27H50O6/c1-4-7-10-13-18-23(22(25(30)31)17-16-19-24(28)29)27(26(32)33,20-14-11-8-5-2)21-15-12-9-6-3/h22-23H,4-21H2,1-3H3,(H,28,29)(H,30,31)(H,32,33). The van der Waals surface area contributed by atoms with Gasteiger partial charge in [-0.2, -0.15) is 0 Å². The van der Waals surface area contributed by atoms with Gasteiger partial charge in [-0.05, 0) is 38.0 Å². The summed E-state index contributed by atoms with van der Waals surface area (Å²) in [6, 6.07) is 0. The Bertz CT molecular complexity index is 533. The Morgan fingerprint density at radius 1 is 0.636 bits per heavy atom. The molecule has 6 nitrogen and oxygen atoms in total. The van der Waals surface area contributed by atoms with Crippen LogP contribution >= 0.6 is 0 Å². The minimum Gasteiger partial charge on any atom is -0.481 e. The lowest BCUT2D eigenvalue weighted by atomic mass is 9.61. The molecule has 33 heavy (non-hydrogen) atoms. The summed E-state index contributed by atoms with van der Waals surface area (Å²) >= 11 is 0. The van der Waals surface area contributed by atoms with Crippen molar-refractivity contribution in [3.63, 3.8) is 0 Å². The molecule has 0 bridgehead atoms. The van der Waals surface area contributed by atoms with Gasteiger partial charge in [0.15, 0.2) is 0 Å². The van der Waals surface area contributed by atoms with Crippen LogP contribution in [0.2, 0.25) is 0 Å². The minimum atomic E-state index is -1.06. The quantitative estimate of drug-likeness (QED) is 0.133. The van der Waals surface area contributed by atoms with Crippen LogP contribution in [0.15, 0.2) is 0 Å². The summed E-state index contributed by atoms with van der Waals surface area (Å²) in [4.78, 5) is 36.3. The van der Waals surface area contributed by atoms with Crippen molar-refractivity contribution in [1.82, 2.24) is 0 Å². The molecule has 0 amide bonds. The van der Waals surface area contributed by atoms with E-state index in [0.717, 1.165) is 77.0 Å². The number of unbranched alkanes of at least 4 members (excludes halogenated alkanes) is 9. The lowest BCUT2D eigenvalue weighted by Crippen LogP contribution is -2.45. The highest BCUT2D eigenvalue weighted by molar-refractivity contribution is 5.78. The molecule has 0 heterocycles. The SMILES string of the molecule is CCCCCCC(C(CCCC(=O)O)C(=O)O)C(CCCCCC)(CCCCCC)C(=O)O. The summed E-state index contributed by atoms with van der Waals surface area (Å²) in [5.74, 6) is -4.07. The Hall–Kier alpha value is -1.59. The van der Waals surface area contributed by atoms with Crippen molar-refractivity contribution in [3.05, 3.63) is 0 Å². The Balaban J connectivity index is 6.01. The van der Waals surface area contributed by atoms with Gasteiger partial charge in [-0.1, -0.05) is 97.8 Å². The number of aliphatic carboxylic acids is 3. The van der Waals surface area contributed by atoms with Gasteiger partial charge in [-0.15, -0.1) is 0 Å². The van der Waals surface area contributed by atoms with E-state index >= 15 is 0 Å². The van der Waals surface area contributed by atoms with Gasteiger partial charge in [0, 0.05) is 6.42 Å². The summed E-state index contributed by atoms with van der Waals surface area (Å²) in [5, 5.41) is 29.7. The molecule has 0 saturated heterocycles.